The van der Waals surface area contributed by atoms with Crippen molar-refractivity contribution in [1.82, 2.24) is 0 Å². The highest BCUT2D eigenvalue weighted by Crippen LogP contribution is 2.42. The molecule has 1 aliphatic rings. The molecule has 11 heavy (non-hydrogen) atoms. The fourth-order valence-corrected chi connectivity index (χ4v) is 0.972. The fraction of sp³-hybridized carbons (Fsp3) is 0.667. The van der Waals surface area contributed by atoms with E-state index in [1.807, 2.05) is 0 Å². The lowest BCUT2D eigenvalue weighted by molar-refractivity contribution is -0.146. The molecular formula is C6H5F2NO2. The van der Waals surface area contributed by atoms with Crippen LogP contribution < -0.4 is 0 Å². The third-order valence-electron chi connectivity index (χ3n) is 1.60. The standard InChI is InChI=1S/C6H5F2NO2/c7-6(8)1-4(2-6)5(11)9-3-10/h4H,1-2H2. The lowest BCUT2D eigenvalue weighted by atomic mass is 9.81. The Balaban J connectivity index is 2.44. The zero-order chi connectivity index (χ0) is 8.48. The number of aliphatic imine (C=N–C) groups is 1. The number of rotatable bonds is 1. The number of carbonyl (C=O) groups excluding carboxylic acids is 2. The van der Waals surface area contributed by atoms with Crippen LogP contribution in [0.25, 0.3) is 0 Å². The minimum Gasteiger partial charge on any atom is -0.271 e. The molecule has 0 N–H and O–H groups in total. The van der Waals surface area contributed by atoms with Crippen molar-refractivity contribution in [3.05, 3.63) is 0 Å². The molecule has 3 nitrogen and oxygen atoms in total. The van der Waals surface area contributed by atoms with Crippen LogP contribution in [0.5, 0.6) is 0 Å². The number of hydrogen-bond donors (Lipinski definition) is 0. The van der Waals surface area contributed by atoms with E-state index in [9.17, 15) is 18.4 Å². The topological polar surface area (TPSA) is 46.5 Å². The van der Waals surface area contributed by atoms with Crippen LogP contribution in [0.3, 0.4) is 0 Å². The molecule has 1 rings (SSSR count). The van der Waals surface area contributed by atoms with E-state index in [2.05, 4.69) is 4.99 Å². The van der Waals surface area contributed by atoms with Crippen molar-refractivity contribution >= 4 is 12.0 Å². The summed E-state index contributed by atoms with van der Waals surface area (Å²) in [6.07, 6.45) is 0.0463. The third-order valence-corrected chi connectivity index (χ3v) is 1.60. The van der Waals surface area contributed by atoms with Crippen molar-refractivity contribution in [2.45, 2.75) is 18.8 Å². The highest BCUT2D eigenvalue weighted by atomic mass is 19.3. The normalized spacial score (nSPS) is 21.6. The second kappa shape index (κ2) is 2.51. The molecule has 0 atom stereocenters. The molecule has 0 saturated heterocycles. The molecule has 0 spiro atoms. The van der Waals surface area contributed by atoms with Gasteiger partial charge in [-0.05, 0) is 0 Å². The number of amides is 1. The van der Waals surface area contributed by atoms with Gasteiger partial charge in [0.15, 0.2) is 0 Å². The monoisotopic (exact) mass is 161 g/mol. The molecule has 0 aromatic rings. The number of hydrogen-bond acceptors (Lipinski definition) is 2. The number of carbonyl (C=O) groups is 1. The molecule has 0 radical (unpaired) electrons. The van der Waals surface area contributed by atoms with E-state index in [1.54, 1.807) is 0 Å². The van der Waals surface area contributed by atoms with Crippen LogP contribution in [0, 0.1) is 5.92 Å². The number of alkyl halides is 2. The quantitative estimate of drug-likeness (QED) is 0.423. The van der Waals surface area contributed by atoms with Crippen LogP contribution in [-0.2, 0) is 9.59 Å². The molecule has 1 amide bonds. The van der Waals surface area contributed by atoms with E-state index in [4.69, 9.17) is 0 Å². The minimum atomic E-state index is -2.74. The summed E-state index contributed by atoms with van der Waals surface area (Å²) < 4.78 is 24.2. The number of isocyanates is 1. The Kier molecular flexibility index (Phi) is 1.83. The van der Waals surface area contributed by atoms with Crippen molar-refractivity contribution in [2.24, 2.45) is 10.9 Å². The Labute approximate surface area is 61.1 Å². The van der Waals surface area contributed by atoms with Gasteiger partial charge in [-0.25, -0.2) is 13.6 Å². The van der Waals surface area contributed by atoms with Crippen LogP contribution in [0.4, 0.5) is 8.78 Å². The molecule has 0 aliphatic heterocycles. The molecule has 1 fully saturated rings. The molecule has 1 aliphatic carbocycles. The molecule has 0 aromatic heterocycles. The van der Waals surface area contributed by atoms with E-state index < -0.39 is 30.6 Å². The average Bonchev–Trinajstić information content (AvgIpc) is 1.83. The summed E-state index contributed by atoms with van der Waals surface area (Å²) in [4.78, 5) is 22.8. The number of halogens is 2. The van der Waals surface area contributed by atoms with Gasteiger partial charge in [0.05, 0.1) is 5.92 Å². The van der Waals surface area contributed by atoms with Gasteiger partial charge in [-0.15, -0.1) is 4.99 Å². The first-order valence-corrected chi connectivity index (χ1v) is 3.05. The van der Waals surface area contributed by atoms with Crippen molar-refractivity contribution < 1.29 is 18.4 Å². The summed E-state index contributed by atoms with van der Waals surface area (Å²) in [6, 6.07) is 0. The minimum absolute atomic E-state index is 0.489. The zero-order valence-corrected chi connectivity index (χ0v) is 5.51. The van der Waals surface area contributed by atoms with Gasteiger partial charge in [0.1, 0.15) is 0 Å². The Morgan fingerprint density at radius 1 is 1.55 bits per heavy atom. The first-order valence-electron chi connectivity index (χ1n) is 3.05. The summed E-state index contributed by atoms with van der Waals surface area (Å²) >= 11 is 0. The Bertz CT molecular complexity index is 225. The summed E-state index contributed by atoms with van der Waals surface area (Å²) in [5, 5.41) is 0. The summed E-state index contributed by atoms with van der Waals surface area (Å²) in [5.41, 5.74) is 0. The molecule has 0 aromatic carbocycles. The van der Waals surface area contributed by atoms with E-state index >= 15 is 0 Å². The van der Waals surface area contributed by atoms with Gasteiger partial charge < -0.3 is 0 Å². The summed E-state index contributed by atoms with van der Waals surface area (Å²) in [6.45, 7) is 0. The van der Waals surface area contributed by atoms with Gasteiger partial charge in [0.25, 0.3) is 5.91 Å². The molecule has 0 unspecified atom stereocenters. The van der Waals surface area contributed by atoms with Crippen molar-refractivity contribution in [1.29, 1.82) is 0 Å². The first-order chi connectivity index (χ1) is 5.05. The maximum atomic E-state index is 12.1. The zero-order valence-electron chi connectivity index (χ0n) is 5.51. The maximum Gasteiger partial charge on any atom is 0.260 e. The Hall–Kier alpha value is -1.09. The smallest absolute Gasteiger partial charge is 0.260 e. The van der Waals surface area contributed by atoms with Crippen LogP contribution in [0.15, 0.2) is 4.99 Å². The van der Waals surface area contributed by atoms with Crippen LogP contribution in [-0.4, -0.2) is 17.9 Å². The molecule has 1 saturated carbocycles. The number of nitrogens with zero attached hydrogens (tertiary/aromatic N) is 1. The highest BCUT2D eigenvalue weighted by Gasteiger charge is 2.48. The lowest BCUT2D eigenvalue weighted by Gasteiger charge is -2.31. The van der Waals surface area contributed by atoms with Crippen molar-refractivity contribution in [3.8, 4) is 0 Å². The molecule has 0 bridgehead atoms. The van der Waals surface area contributed by atoms with E-state index in [0.29, 0.717) is 0 Å². The second-order valence-corrected chi connectivity index (χ2v) is 2.50. The van der Waals surface area contributed by atoms with Gasteiger partial charge in [-0.3, -0.25) is 4.79 Å². The van der Waals surface area contributed by atoms with Gasteiger partial charge >= 0.3 is 0 Å². The summed E-state index contributed by atoms with van der Waals surface area (Å²) in [5.74, 6) is -4.30. The highest BCUT2D eigenvalue weighted by molar-refractivity contribution is 5.84. The molecule has 5 heteroatoms. The van der Waals surface area contributed by atoms with Crippen LogP contribution >= 0.6 is 0 Å². The summed E-state index contributed by atoms with van der Waals surface area (Å²) in [7, 11) is 0. The predicted molar refractivity (Wildman–Crippen MR) is 30.8 cm³/mol. The molecular weight excluding hydrogens is 156 g/mol. The third kappa shape index (κ3) is 1.68. The van der Waals surface area contributed by atoms with E-state index in [1.165, 1.54) is 0 Å². The van der Waals surface area contributed by atoms with E-state index in [-0.39, 0.29) is 0 Å². The SMILES string of the molecule is O=C=NC(=O)C1CC(F)(F)C1. The molecule has 60 valence electrons. The van der Waals surface area contributed by atoms with Gasteiger partial charge in [-0.2, -0.15) is 0 Å². The molecule has 0 heterocycles. The Morgan fingerprint density at radius 2 is 2.09 bits per heavy atom. The maximum absolute atomic E-state index is 12.1. The predicted octanol–water partition coefficient (Wildman–Crippen LogP) is 0.894. The Morgan fingerprint density at radius 3 is 2.45 bits per heavy atom. The largest absolute Gasteiger partial charge is 0.271 e. The van der Waals surface area contributed by atoms with Crippen molar-refractivity contribution in [3.63, 3.8) is 0 Å². The van der Waals surface area contributed by atoms with Gasteiger partial charge in [0, 0.05) is 12.8 Å². The van der Waals surface area contributed by atoms with Gasteiger partial charge in [-0.1, -0.05) is 0 Å². The van der Waals surface area contributed by atoms with Crippen molar-refractivity contribution in [2.75, 3.05) is 0 Å². The van der Waals surface area contributed by atoms with Crippen LogP contribution in [0.2, 0.25) is 0 Å². The average molecular weight is 161 g/mol. The fourth-order valence-electron chi connectivity index (χ4n) is 0.972. The van der Waals surface area contributed by atoms with E-state index in [0.717, 1.165) is 6.08 Å². The second-order valence-electron chi connectivity index (χ2n) is 2.50. The van der Waals surface area contributed by atoms with Gasteiger partial charge in [0.2, 0.25) is 12.0 Å². The lowest BCUT2D eigenvalue weighted by Crippen LogP contribution is -2.39. The van der Waals surface area contributed by atoms with Crippen LogP contribution in [0.1, 0.15) is 12.8 Å². The first kappa shape index (κ1) is 8.01.